The van der Waals surface area contributed by atoms with E-state index in [9.17, 15) is 0 Å². The van der Waals surface area contributed by atoms with E-state index in [1.165, 1.54) is 19.3 Å². The van der Waals surface area contributed by atoms with Crippen molar-refractivity contribution in [1.82, 2.24) is 10.2 Å². The van der Waals surface area contributed by atoms with Gasteiger partial charge in [-0.15, -0.1) is 0 Å². The Balaban J connectivity index is 1.74. The Morgan fingerprint density at radius 2 is 2.06 bits per heavy atom. The smallest absolute Gasteiger partial charge is 0.118 e. The Morgan fingerprint density at radius 3 is 2.67 bits per heavy atom. The second kappa shape index (κ2) is 6.39. The summed E-state index contributed by atoms with van der Waals surface area (Å²) in [5.41, 5.74) is 0. The van der Waals surface area contributed by atoms with Gasteiger partial charge in [0.25, 0.3) is 0 Å². The summed E-state index contributed by atoms with van der Waals surface area (Å²) in [6.45, 7) is 7.25. The number of hydrogen-bond acceptors (Lipinski definition) is 3. The molecule has 0 amide bonds. The average Bonchev–Trinajstić information content (AvgIpc) is 2.62. The van der Waals surface area contributed by atoms with E-state index < -0.39 is 0 Å². The molecule has 1 fully saturated rings. The summed E-state index contributed by atoms with van der Waals surface area (Å²) < 4.78 is 5.85. The van der Waals surface area contributed by atoms with Crippen LogP contribution in [0.25, 0.3) is 0 Å². The van der Waals surface area contributed by atoms with Gasteiger partial charge in [-0.05, 0) is 44.5 Å². The third-order valence-corrected chi connectivity index (χ3v) is 3.67. The lowest BCUT2D eigenvalue weighted by atomic mass is 9.92. The van der Waals surface area contributed by atoms with Crippen LogP contribution >= 0.6 is 0 Å². The zero-order valence-electron chi connectivity index (χ0n) is 11.9. The van der Waals surface area contributed by atoms with Crippen LogP contribution in [0.5, 0.6) is 0 Å². The molecule has 3 nitrogen and oxygen atoms in total. The monoisotopic (exact) mass is 250 g/mol. The summed E-state index contributed by atoms with van der Waals surface area (Å²) in [5.74, 6) is 2.82. The van der Waals surface area contributed by atoms with E-state index in [1.54, 1.807) is 0 Å². The molecule has 0 spiro atoms. The highest BCUT2D eigenvalue weighted by Crippen LogP contribution is 2.25. The maximum atomic E-state index is 5.85. The molecule has 1 heterocycles. The van der Waals surface area contributed by atoms with Crippen LogP contribution in [0.15, 0.2) is 16.5 Å². The molecule has 1 saturated carbocycles. The molecule has 2 rings (SSSR count). The van der Waals surface area contributed by atoms with Crippen LogP contribution in [-0.2, 0) is 13.1 Å². The molecule has 3 heteroatoms. The van der Waals surface area contributed by atoms with Gasteiger partial charge in [-0.25, -0.2) is 0 Å². The first-order valence-corrected chi connectivity index (χ1v) is 7.13. The second-order valence-electron chi connectivity index (χ2n) is 5.89. The van der Waals surface area contributed by atoms with Gasteiger partial charge >= 0.3 is 0 Å². The molecule has 102 valence electrons. The third kappa shape index (κ3) is 3.85. The predicted molar refractivity (Wildman–Crippen MR) is 74.4 cm³/mol. The number of hydrogen-bond donors (Lipinski definition) is 1. The lowest BCUT2D eigenvalue weighted by Gasteiger charge is -2.34. The molecule has 1 N–H and O–H groups in total. The lowest BCUT2D eigenvalue weighted by molar-refractivity contribution is 0.142. The zero-order chi connectivity index (χ0) is 13.0. The lowest BCUT2D eigenvalue weighted by Crippen LogP contribution is -2.36. The van der Waals surface area contributed by atoms with Crippen molar-refractivity contribution in [3.05, 3.63) is 23.7 Å². The summed E-state index contributed by atoms with van der Waals surface area (Å²) in [6, 6.07) is 4.98. The SMILES string of the molecule is CC(C)CNCc1ccc(CN(C)C2CCC2)o1. The first-order chi connectivity index (χ1) is 8.65. The van der Waals surface area contributed by atoms with E-state index in [2.05, 4.69) is 43.2 Å². The minimum absolute atomic E-state index is 0.684. The minimum atomic E-state index is 0.684. The van der Waals surface area contributed by atoms with Crippen molar-refractivity contribution in [3.8, 4) is 0 Å². The molecule has 1 aliphatic carbocycles. The van der Waals surface area contributed by atoms with Gasteiger partial charge in [0.15, 0.2) is 0 Å². The summed E-state index contributed by atoms with van der Waals surface area (Å²) in [6.07, 6.45) is 4.08. The molecule has 1 aliphatic rings. The highest BCUT2D eigenvalue weighted by molar-refractivity contribution is 5.07. The molecule has 0 aromatic carbocycles. The molecule has 0 saturated heterocycles. The Hall–Kier alpha value is -0.800. The molecule has 18 heavy (non-hydrogen) atoms. The van der Waals surface area contributed by atoms with Crippen molar-refractivity contribution in [3.63, 3.8) is 0 Å². The largest absolute Gasteiger partial charge is 0.463 e. The number of rotatable bonds is 7. The van der Waals surface area contributed by atoms with E-state index in [0.717, 1.165) is 37.2 Å². The van der Waals surface area contributed by atoms with E-state index in [-0.39, 0.29) is 0 Å². The van der Waals surface area contributed by atoms with E-state index in [1.807, 2.05) is 0 Å². The normalized spacial score (nSPS) is 16.5. The topological polar surface area (TPSA) is 28.4 Å². The second-order valence-corrected chi connectivity index (χ2v) is 5.89. The maximum absolute atomic E-state index is 5.85. The molecule has 0 unspecified atom stereocenters. The van der Waals surface area contributed by atoms with E-state index >= 15 is 0 Å². The van der Waals surface area contributed by atoms with Gasteiger partial charge in [0.1, 0.15) is 11.5 Å². The maximum Gasteiger partial charge on any atom is 0.118 e. The quantitative estimate of drug-likeness (QED) is 0.806. The summed E-state index contributed by atoms with van der Waals surface area (Å²) in [7, 11) is 2.20. The van der Waals surface area contributed by atoms with E-state index in [0.29, 0.717) is 5.92 Å². The predicted octanol–water partition coefficient (Wildman–Crippen LogP) is 3.01. The number of nitrogens with zero attached hydrogens (tertiary/aromatic N) is 1. The molecule has 0 atom stereocenters. The molecule has 0 radical (unpaired) electrons. The van der Waals surface area contributed by atoms with Gasteiger partial charge in [-0.1, -0.05) is 20.3 Å². The van der Waals surface area contributed by atoms with Crippen LogP contribution in [0.4, 0.5) is 0 Å². The fourth-order valence-electron chi connectivity index (χ4n) is 2.29. The van der Waals surface area contributed by atoms with Gasteiger partial charge in [0, 0.05) is 6.04 Å². The zero-order valence-corrected chi connectivity index (χ0v) is 11.9. The van der Waals surface area contributed by atoms with Crippen LogP contribution in [0, 0.1) is 5.92 Å². The van der Waals surface area contributed by atoms with Crippen molar-refractivity contribution >= 4 is 0 Å². The Labute approximate surface area is 111 Å². The first kappa shape index (κ1) is 13.6. The third-order valence-electron chi connectivity index (χ3n) is 3.67. The molecular formula is C15H26N2O. The molecule has 1 aromatic heterocycles. The van der Waals surface area contributed by atoms with Crippen LogP contribution in [0.1, 0.15) is 44.6 Å². The standard InChI is InChI=1S/C15H26N2O/c1-12(2)9-16-10-14-7-8-15(18-14)11-17(3)13-5-4-6-13/h7-8,12-13,16H,4-6,9-11H2,1-3H3. The fourth-order valence-corrected chi connectivity index (χ4v) is 2.29. The highest BCUT2D eigenvalue weighted by atomic mass is 16.3. The average molecular weight is 250 g/mol. The Morgan fingerprint density at radius 1 is 1.33 bits per heavy atom. The fraction of sp³-hybridized carbons (Fsp3) is 0.733. The van der Waals surface area contributed by atoms with Gasteiger partial charge < -0.3 is 9.73 Å². The van der Waals surface area contributed by atoms with Crippen molar-refractivity contribution in [2.45, 2.75) is 52.2 Å². The molecule has 0 aliphatic heterocycles. The molecule has 0 bridgehead atoms. The number of furan rings is 1. The van der Waals surface area contributed by atoms with Crippen LogP contribution in [-0.4, -0.2) is 24.5 Å². The van der Waals surface area contributed by atoms with Gasteiger partial charge in [0.2, 0.25) is 0 Å². The van der Waals surface area contributed by atoms with Gasteiger partial charge in [-0.2, -0.15) is 0 Å². The van der Waals surface area contributed by atoms with Crippen LogP contribution in [0.3, 0.4) is 0 Å². The van der Waals surface area contributed by atoms with Crippen molar-refractivity contribution < 1.29 is 4.42 Å². The van der Waals surface area contributed by atoms with Gasteiger partial charge in [-0.3, -0.25) is 4.90 Å². The Kier molecular flexibility index (Phi) is 4.84. The van der Waals surface area contributed by atoms with Crippen molar-refractivity contribution in [1.29, 1.82) is 0 Å². The van der Waals surface area contributed by atoms with Gasteiger partial charge in [0.05, 0.1) is 13.1 Å². The summed E-state index contributed by atoms with van der Waals surface area (Å²) >= 11 is 0. The summed E-state index contributed by atoms with van der Waals surface area (Å²) in [4.78, 5) is 2.41. The van der Waals surface area contributed by atoms with Crippen molar-refractivity contribution in [2.75, 3.05) is 13.6 Å². The first-order valence-electron chi connectivity index (χ1n) is 7.13. The number of nitrogens with one attached hydrogen (secondary N) is 1. The summed E-state index contributed by atoms with van der Waals surface area (Å²) in [5, 5.41) is 3.41. The van der Waals surface area contributed by atoms with E-state index in [4.69, 9.17) is 4.42 Å². The van der Waals surface area contributed by atoms with Crippen molar-refractivity contribution in [2.24, 2.45) is 5.92 Å². The minimum Gasteiger partial charge on any atom is -0.463 e. The Bertz CT molecular complexity index is 355. The highest BCUT2D eigenvalue weighted by Gasteiger charge is 2.22. The van der Waals surface area contributed by atoms with Crippen LogP contribution in [0.2, 0.25) is 0 Å². The van der Waals surface area contributed by atoms with Crippen LogP contribution < -0.4 is 5.32 Å². The molecule has 1 aromatic rings. The molecular weight excluding hydrogens is 224 g/mol.